The first-order chi connectivity index (χ1) is 5.52. The van der Waals surface area contributed by atoms with Crippen LogP contribution >= 0.6 is 0 Å². The Balaban J connectivity index is 3.67. The van der Waals surface area contributed by atoms with Crippen LogP contribution < -0.4 is 17.0 Å². The summed E-state index contributed by atoms with van der Waals surface area (Å²) in [6.45, 7) is 4.87. The highest BCUT2D eigenvalue weighted by atomic mass is 16.2. The van der Waals surface area contributed by atoms with Crippen LogP contribution in [0.3, 0.4) is 0 Å². The topological polar surface area (TPSA) is 81.1 Å². The maximum atomic E-state index is 10.8. The number of hydrogen-bond donors (Lipinski definition) is 3. The van der Waals surface area contributed by atoms with Gasteiger partial charge in [0.2, 0.25) is 5.91 Å². The Labute approximate surface area is 73.7 Å². The number of hydrogen-bond acceptors (Lipinski definition) is 3. The van der Waals surface area contributed by atoms with Crippen molar-refractivity contribution in [3.8, 4) is 0 Å². The average molecular weight is 173 g/mol. The molecule has 1 amide bonds. The van der Waals surface area contributed by atoms with Gasteiger partial charge in [-0.15, -0.1) is 0 Å². The van der Waals surface area contributed by atoms with E-state index in [4.69, 9.17) is 11.6 Å². The number of nitrogens with two attached hydrogens (primary N) is 2. The monoisotopic (exact) mass is 173 g/mol. The van der Waals surface area contributed by atoms with E-state index in [0.29, 0.717) is 13.0 Å². The summed E-state index contributed by atoms with van der Waals surface area (Å²) >= 11 is 0. The molecule has 0 unspecified atom stereocenters. The molecule has 0 aliphatic heterocycles. The summed E-state index contributed by atoms with van der Waals surface area (Å²) in [5, 5.41) is 0. The van der Waals surface area contributed by atoms with Gasteiger partial charge in [-0.25, -0.2) is 5.84 Å². The Hall–Kier alpha value is -0.610. The van der Waals surface area contributed by atoms with Gasteiger partial charge in [-0.3, -0.25) is 10.2 Å². The molecule has 0 aliphatic rings. The highest BCUT2D eigenvalue weighted by Gasteiger charge is 2.17. The first kappa shape index (κ1) is 11.4. The van der Waals surface area contributed by atoms with Crippen LogP contribution in [0.5, 0.6) is 0 Å². The van der Waals surface area contributed by atoms with E-state index in [1.165, 1.54) is 0 Å². The lowest BCUT2D eigenvalue weighted by Crippen LogP contribution is -2.31. The standard InChI is InChI=1S/C8H19N3O/c1-8(2,5-6-9)4-3-7(12)11-10/h3-6,9-10H2,1-2H3,(H,11,12). The van der Waals surface area contributed by atoms with Crippen molar-refractivity contribution in [1.29, 1.82) is 0 Å². The van der Waals surface area contributed by atoms with Crippen LogP contribution in [0.1, 0.15) is 33.1 Å². The normalized spacial score (nSPS) is 11.3. The molecule has 0 fully saturated rings. The molecule has 0 atom stereocenters. The molecule has 0 saturated carbocycles. The zero-order valence-corrected chi connectivity index (χ0v) is 7.89. The zero-order valence-electron chi connectivity index (χ0n) is 7.89. The summed E-state index contributed by atoms with van der Waals surface area (Å²) in [4.78, 5) is 10.8. The summed E-state index contributed by atoms with van der Waals surface area (Å²) in [7, 11) is 0. The second-order valence-corrected chi connectivity index (χ2v) is 3.77. The minimum Gasteiger partial charge on any atom is -0.330 e. The Bertz CT molecular complexity index is 145. The fourth-order valence-electron chi connectivity index (χ4n) is 1.04. The number of hydrazine groups is 1. The molecule has 4 nitrogen and oxygen atoms in total. The third kappa shape index (κ3) is 5.09. The van der Waals surface area contributed by atoms with E-state index in [2.05, 4.69) is 19.3 Å². The third-order valence-electron chi connectivity index (χ3n) is 2.01. The second kappa shape index (κ2) is 5.11. The van der Waals surface area contributed by atoms with Gasteiger partial charge in [0.25, 0.3) is 0 Å². The first-order valence-electron chi connectivity index (χ1n) is 4.21. The fraction of sp³-hybridized carbons (Fsp3) is 0.875. The van der Waals surface area contributed by atoms with Crippen LogP contribution in [0.25, 0.3) is 0 Å². The molecule has 4 heteroatoms. The van der Waals surface area contributed by atoms with Crippen molar-refractivity contribution in [1.82, 2.24) is 5.43 Å². The average Bonchev–Trinajstić information content (AvgIpc) is 2.00. The lowest BCUT2D eigenvalue weighted by atomic mass is 9.84. The Morgan fingerprint density at radius 2 is 2.00 bits per heavy atom. The highest BCUT2D eigenvalue weighted by molar-refractivity contribution is 5.75. The van der Waals surface area contributed by atoms with Crippen LogP contribution in [0.2, 0.25) is 0 Å². The van der Waals surface area contributed by atoms with Crippen molar-refractivity contribution < 1.29 is 4.79 Å². The van der Waals surface area contributed by atoms with E-state index >= 15 is 0 Å². The Morgan fingerprint density at radius 3 is 2.42 bits per heavy atom. The summed E-state index contributed by atoms with van der Waals surface area (Å²) in [6.07, 6.45) is 2.24. The van der Waals surface area contributed by atoms with Gasteiger partial charge in [-0.05, 0) is 24.8 Å². The molecule has 0 aromatic rings. The first-order valence-corrected chi connectivity index (χ1v) is 4.21. The molecular formula is C8H19N3O. The van der Waals surface area contributed by atoms with Crippen molar-refractivity contribution >= 4 is 5.91 Å². The van der Waals surface area contributed by atoms with Crippen LogP contribution in [0.15, 0.2) is 0 Å². The van der Waals surface area contributed by atoms with E-state index in [1.807, 2.05) is 0 Å². The molecule has 0 spiro atoms. The molecule has 0 aromatic heterocycles. The van der Waals surface area contributed by atoms with Crippen molar-refractivity contribution in [3.63, 3.8) is 0 Å². The molecule has 0 aliphatic carbocycles. The molecule has 5 N–H and O–H groups in total. The summed E-state index contributed by atoms with van der Waals surface area (Å²) in [5.74, 6) is 4.84. The third-order valence-corrected chi connectivity index (χ3v) is 2.01. The van der Waals surface area contributed by atoms with Gasteiger partial charge in [0.05, 0.1) is 0 Å². The summed E-state index contributed by atoms with van der Waals surface area (Å²) in [6, 6.07) is 0. The zero-order chi connectivity index (χ0) is 9.61. The lowest BCUT2D eigenvalue weighted by Gasteiger charge is -2.22. The smallest absolute Gasteiger partial charge is 0.233 e. The number of carbonyl (C=O) groups excluding carboxylic acids is 1. The minimum atomic E-state index is -0.111. The predicted molar refractivity (Wildman–Crippen MR) is 49.0 cm³/mol. The second-order valence-electron chi connectivity index (χ2n) is 3.77. The van der Waals surface area contributed by atoms with Gasteiger partial charge < -0.3 is 5.73 Å². The van der Waals surface area contributed by atoms with Crippen molar-refractivity contribution in [2.24, 2.45) is 17.0 Å². The van der Waals surface area contributed by atoms with Crippen LogP contribution in [-0.4, -0.2) is 12.5 Å². The SMILES string of the molecule is CC(C)(CCN)CCC(=O)NN. The molecule has 0 saturated heterocycles. The maximum absolute atomic E-state index is 10.8. The van der Waals surface area contributed by atoms with Gasteiger partial charge in [0.1, 0.15) is 0 Å². The molecule has 0 heterocycles. The molecular weight excluding hydrogens is 154 g/mol. The van der Waals surface area contributed by atoms with Crippen LogP contribution in [0, 0.1) is 5.41 Å². The van der Waals surface area contributed by atoms with Crippen molar-refractivity contribution in [2.75, 3.05) is 6.54 Å². The van der Waals surface area contributed by atoms with Crippen molar-refractivity contribution in [3.05, 3.63) is 0 Å². The predicted octanol–water partition coefficient (Wildman–Crippen LogP) is 0.132. The quantitative estimate of drug-likeness (QED) is 0.314. The van der Waals surface area contributed by atoms with Gasteiger partial charge in [-0.1, -0.05) is 13.8 Å². The maximum Gasteiger partial charge on any atom is 0.233 e. The minimum absolute atomic E-state index is 0.111. The largest absolute Gasteiger partial charge is 0.330 e. The Morgan fingerprint density at radius 1 is 1.42 bits per heavy atom. The molecule has 0 rings (SSSR count). The van der Waals surface area contributed by atoms with Gasteiger partial charge in [0.15, 0.2) is 0 Å². The van der Waals surface area contributed by atoms with E-state index in [9.17, 15) is 4.79 Å². The summed E-state index contributed by atoms with van der Waals surface area (Å²) in [5.41, 5.74) is 7.68. The van der Waals surface area contributed by atoms with Crippen LogP contribution in [-0.2, 0) is 4.79 Å². The summed E-state index contributed by atoms with van der Waals surface area (Å²) < 4.78 is 0. The highest BCUT2D eigenvalue weighted by Crippen LogP contribution is 2.25. The van der Waals surface area contributed by atoms with Crippen LogP contribution in [0.4, 0.5) is 0 Å². The lowest BCUT2D eigenvalue weighted by molar-refractivity contribution is -0.121. The molecule has 12 heavy (non-hydrogen) atoms. The van der Waals surface area contributed by atoms with Gasteiger partial charge in [-0.2, -0.15) is 0 Å². The van der Waals surface area contributed by atoms with E-state index in [-0.39, 0.29) is 11.3 Å². The van der Waals surface area contributed by atoms with Gasteiger partial charge >= 0.3 is 0 Å². The number of amides is 1. The van der Waals surface area contributed by atoms with E-state index < -0.39 is 0 Å². The number of rotatable bonds is 5. The molecule has 0 radical (unpaired) electrons. The molecule has 0 bridgehead atoms. The fourth-order valence-corrected chi connectivity index (χ4v) is 1.04. The van der Waals surface area contributed by atoms with E-state index in [0.717, 1.165) is 12.8 Å². The molecule has 72 valence electrons. The number of nitrogens with one attached hydrogen (secondary N) is 1. The van der Waals surface area contributed by atoms with Crippen molar-refractivity contribution in [2.45, 2.75) is 33.1 Å². The molecule has 0 aromatic carbocycles. The Kier molecular flexibility index (Phi) is 4.85. The van der Waals surface area contributed by atoms with Gasteiger partial charge in [0, 0.05) is 6.42 Å². The number of carbonyl (C=O) groups is 1. The van der Waals surface area contributed by atoms with E-state index in [1.54, 1.807) is 0 Å².